The van der Waals surface area contributed by atoms with Crippen molar-refractivity contribution < 1.29 is 24.6 Å². The van der Waals surface area contributed by atoms with E-state index in [0.29, 0.717) is 6.42 Å². The predicted octanol–water partition coefficient (Wildman–Crippen LogP) is 3.00. The Morgan fingerprint density at radius 3 is 1.79 bits per heavy atom. The van der Waals surface area contributed by atoms with Gasteiger partial charge in [0.25, 0.3) is 0 Å². The molecule has 0 spiro atoms. The maximum Gasteiger partial charge on any atom is 0.414 e. The van der Waals surface area contributed by atoms with E-state index in [0.717, 1.165) is 69.3 Å². The highest BCUT2D eigenvalue weighted by Crippen LogP contribution is 2.36. The van der Waals surface area contributed by atoms with Gasteiger partial charge in [0, 0.05) is 45.0 Å². The van der Waals surface area contributed by atoms with E-state index < -0.39 is 11.9 Å². The number of nitrogens with zero attached hydrogens (tertiary/aromatic N) is 5. The van der Waals surface area contributed by atoms with Crippen LogP contribution in [0.2, 0.25) is 0 Å². The lowest BCUT2D eigenvalue weighted by molar-refractivity contribution is -0.159. The lowest BCUT2D eigenvalue weighted by Crippen LogP contribution is -2.47. The number of para-hydroxylation sites is 2. The van der Waals surface area contributed by atoms with Gasteiger partial charge in [0.1, 0.15) is 0 Å². The van der Waals surface area contributed by atoms with E-state index in [2.05, 4.69) is 56.2 Å². The van der Waals surface area contributed by atoms with Gasteiger partial charge >= 0.3 is 11.9 Å². The quantitative estimate of drug-likeness (QED) is 0.491. The molecule has 3 heterocycles. The summed E-state index contributed by atoms with van der Waals surface area (Å²) in [4.78, 5) is 47.0. The number of fused-ring (bicyclic) bond motifs is 2. The first-order valence-electron chi connectivity index (χ1n) is 12.6. The molecule has 1 saturated heterocycles. The van der Waals surface area contributed by atoms with Crippen LogP contribution >= 0.6 is 0 Å². The number of carboxylic acid groups (broad SMARTS) is 2. The summed E-state index contributed by atoms with van der Waals surface area (Å²) >= 11 is 0. The van der Waals surface area contributed by atoms with E-state index in [4.69, 9.17) is 19.8 Å². The summed E-state index contributed by atoms with van der Waals surface area (Å²) in [5.41, 5.74) is 4.57. The van der Waals surface area contributed by atoms with E-state index in [1.165, 1.54) is 11.1 Å². The van der Waals surface area contributed by atoms with Gasteiger partial charge in [-0.15, -0.1) is 0 Å². The fourth-order valence-corrected chi connectivity index (χ4v) is 4.74. The Balaban J connectivity index is 0.000000505. The highest BCUT2D eigenvalue weighted by molar-refractivity contribution is 6.27. The first kappa shape index (κ1) is 26.7. The summed E-state index contributed by atoms with van der Waals surface area (Å²) in [5, 5.41) is 14.8. The Morgan fingerprint density at radius 1 is 0.737 bits per heavy atom. The number of aliphatic carboxylic acids is 2. The van der Waals surface area contributed by atoms with Gasteiger partial charge in [-0.3, -0.25) is 14.6 Å². The van der Waals surface area contributed by atoms with Crippen molar-refractivity contribution in [3.63, 3.8) is 0 Å². The van der Waals surface area contributed by atoms with Gasteiger partial charge in [0.15, 0.2) is 0 Å². The number of anilines is 3. The Kier molecular flexibility index (Phi) is 8.99. The lowest BCUT2D eigenvalue weighted by Gasteiger charge is -2.34. The summed E-state index contributed by atoms with van der Waals surface area (Å²) in [5.74, 6) is -2.66. The van der Waals surface area contributed by atoms with Crippen molar-refractivity contribution in [2.75, 3.05) is 42.5 Å². The summed E-state index contributed by atoms with van der Waals surface area (Å²) < 4.78 is 0. The second-order valence-electron chi connectivity index (χ2n) is 9.08. The van der Waals surface area contributed by atoms with Crippen LogP contribution in [0.4, 0.5) is 17.3 Å². The minimum atomic E-state index is -1.82. The van der Waals surface area contributed by atoms with E-state index in [1.807, 2.05) is 23.1 Å². The van der Waals surface area contributed by atoms with Gasteiger partial charge in [-0.25, -0.2) is 19.6 Å². The number of carbonyl (C=O) groups excluding carboxylic acids is 1. The third-order valence-corrected chi connectivity index (χ3v) is 6.63. The largest absolute Gasteiger partial charge is 0.473 e. The number of hydrogen-bond donors (Lipinski definition) is 2. The van der Waals surface area contributed by atoms with Crippen LogP contribution < -0.4 is 9.80 Å². The Morgan fingerprint density at radius 2 is 1.26 bits per heavy atom. The average Bonchev–Trinajstić information content (AvgIpc) is 3.11. The van der Waals surface area contributed by atoms with Crippen molar-refractivity contribution in [1.82, 2.24) is 14.9 Å². The molecule has 198 valence electrons. The van der Waals surface area contributed by atoms with E-state index in [1.54, 1.807) is 12.4 Å². The summed E-state index contributed by atoms with van der Waals surface area (Å²) in [6.45, 7) is 4.73. The number of amides is 1. The number of aromatic nitrogens is 2. The monoisotopic (exact) mass is 517 g/mol. The van der Waals surface area contributed by atoms with Gasteiger partial charge in [-0.2, -0.15) is 0 Å². The Hall–Kier alpha value is -4.31. The number of piperazine rings is 1. The van der Waals surface area contributed by atoms with E-state index in [9.17, 15) is 4.79 Å². The molecule has 5 rings (SSSR count). The number of carbonyl (C=O) groups is 3. The van der Waals surface area contributed by atoms with Crippen LogP contribution in [0.25, 0.3) is 0 Å². The fourth-order valence-electron chi connectivity index (χ4n) is 4.74. The number of hydrogen-bond acceptors (Lipinski definition) is 7. The average molecular weight is 518 g/mol. The first-order chi connectivity index (χ1) is 18.4. The molecule has 1 amide bonds. The molecule has 38 heavy (non-hydrogen) atoms. The van der Waals surface area contributed by atoms with Crippen LogP contribution in [-0.2, 0) is 27.2 Å². The third-order valence-electron chi connectivity index (χ3n) is 6.63. The summed E-state index contributed by atoms with van der Waals surface area (Å²) in [7, 11) is 0. The number of aryl methyl sites for hydroxylation is 2. The molecule has 10 heteroatoms. The van der Waals surface area contributed by atoms with Gasteiger partial charge in [-0.05, 0) is 55.1 Å². The highest BCUT2D eigenvalue weighted by Gasteiger charge is 2.25. The third kappa shape index (κ3) is 6.71. The van der Waals surface area contributed by atoms with E-state index >= 15 is 0 Å². The maximum atomic E-state index is 13.4. The molecule has 2 aliphatic heterocycles. The minimum absolute atomic E-state index is 0.183. The van der Waals surface area contributed by atoms with E-state index in [-0.39, 0.29) is 5.91 Å². The topological polar surface area (TPSA) is 127 Å². The van der Waals surface area contributed by atoms with Crippen LogP contribution in [0.3, 0.4) is 0 Å². The molecule has 0 saturated carbocycles. The van der Waals surface area contributed by atoms with Crippen molar-refractivity contribution >= 4 is 35.2 Å². The van der Waals surface area contributed by atoms with Crippen LogP contribution in [0.15, 0.2) is 67.0 Å². The molecule has 10 nitrogen and oxygen atoms in total. The molecule has 1 aromatic heterocycles. The van der Waals surface area contributed by atoms with Gasteiger partial charge in [0.05, 0.1) is 11.4 Å². The molecule has 1 fully saturated rings. The normalized spacial score (nSPS) is 14.8. The van der Waals surface area contributed by atoms with Crippen molar-refractivity contribution in [2.45, 2.75) is 25.7 Å². The van der Waals surface area contributed by atoms with Gasteiger partial charge < -0.3 is 15.1 Å². The smallest absolute Gasteiger partial charge is 0.414 e. The maximum absolute atomic E-state index is 13.4. The molecule has 0 radical (unpaired) electrons. The Bertz CT molecular complexity index is 1200. The van der Waals surface area contributed by atoms with Crippen molar-refractivity contribution in [3.05, 3.63) is 78.1 Å². The molecule has 0 aliphatic carbocycles. The molecular formula is C28H31N5O5. The number of benzene rings is 2. The van der Waals surface area contributed by atoms with Crippen molar-refractivity contribution in [1.29, 1.82) is 0 Å². The Labute approximate surface area is 221 Å². The molecular weight excluding hydrogens is 486 g/mol. The number of rotatable bonds is 5. The first-order valence-corrected chi connectivity index (χ1v) is 12.6. The summed E-state index contributed by atoms with van der Waals surface area (Å²) in [6, 6.07) is 18.5. The second-order valence-corrected chi connectivity index (χ2v) is 9.08. The molecule has 3 aromatic rings. The lowest BCUT2D eigenvalue weighted by atomic mass is 10.0. The molecule has 0 bridgehead atoms. The predicted molar refractivity (Wildman–Crippen MR) is 143 cm³/mol. The second kappa shape index (κ2) is 12.8. The molecule has 2 aliphatic rings. The van der Waals surface area contributed by atoms with Crippen molar-refractivity contribution in [2.24, 2.45) is 0 Å². The van der Waals surface area contributed by atoms with Crippen LogP contribution in [0, 0.1) is 0 Å². The molecule has 0 unspecified atom stereocenters. The molecule has 2 aromatic carbocycles. The zero-order valence-corrected chi connectivity index (χ0v) is 21.1. The highest BCUT2D eigenvalue weighted by atomic mass is 16.4. The SMILES string of the molecule is O=C(CCCN1CCN(c2ncccn2)CC1)N1c2ccccc2CCc2ccccc21.O=C(O)C(=O)O. The standard InChI is InChI=1S/C26H29N5O.C2H2O4/c32-25(11-5-16-29-17-19-30(20-18-29)26-27-14-6-15-28-26)31-23-9-3-1-7-21(23)12-13-22-8-2-4-10-24(22)31;3-1(4)2(5)6/h1-4,6-10,14-15H,5,11-13,16-20H2;(H,3,4)(H,5,6). The molecule has 0 atom stereocenters. The van der Waals surface area contributed by atoms with Crippen LogP contribution in [-0.4, -0.2) is 75.7 Å². The van der Waals surface area contributed by atoms with Crippen LogP contribution in [0.1, 0.15) is 24.0 Å². The zero-order chi connectivity index (χ0) is 26.9. The van der Waals surface area contributed by atoms with Gasteiger partial charge in [0.2, 0.25) is 11.9 Å². The summed E-state index contributed by atoms with van der Waals surface area (Å²) in [6.07, 6.45) is 6.92. The van der Waals surface area contributed by atoms with Gasteiger partial charge in [-0.1, -0.05) is 36.4 Å². The number of carboxylic acids is 2. The zero-order valence-electron chi connectivity index (χ0n) is 21.1. The van der Waals surface area contributed by atoms with Crippen molar-refractivity contribution in [3.8, 4) is 0 Å². The van der Waals surface area contributed by atoms with Crippen LogP contribution in [0.5, 0.6) is 0 Å². The minimum Gasteiger partial charge on any atom is -0.473 e. The fraction of sp³-hybridized carbons (Fsp3) is 0.321. The molecule has 2 N–H and O–H groups in total.